The number of hydrogen-bond acceptors (Lipinski definition) is 2. The van der Waals surface area contributed by atoms with E-state index in [2.05, 4.69) is 31.0 Å². The van der Waals surface area contributed by atoms with Crippen LogP contribution in [0.4, 0.5) is 0 Å². The summed E-state index contributed by atoms with van der Waals surface area (Å²) in [6, 6.07) is 1.59. The maximum atomic E-state index is 3.66. The highest BCUT2D eigenvalue weighted by Crippen LogP contribution is 2.40. The second kappa shape index (κ2) is 5.05. The fraction of sp³-hybridized carbons (Fsp3) is 1.00. The van der Waals surface area contributed by atoms with Gasteiger partial charge >= 0.3 is 0 Å². The van der Waals surface area contributed by atoms with Gasteiger partial charge in [0.25, 0.3) is 0 Å². The standard InChI is InChI=1S/C14H28N2/c1-4-6-12-11-16(10-9-15-12)13-7-5-8-14(13,2)3/h12-13,15H,4-11H2,1-3H3. The lowest BCUT2D eigenvalue weighted by Gasteiger charge is -2.42. The van der Waals surface area contributed by atoms with Crippen molar-refractivity contribution in [3.05, 3.63) is 0 Å². The minimum absolute atomic E-state index is 0.550. The molecule has 0 aromatic heterocycles. The zero-order valence-electron chi connectivity index (χ0n) is 11.3. The van der Waals surface area contributed by atoms with Crippen molar-refractivity contribution in [1.82, 2.24) is 10.2 Å². The van der Waals surface area contributed by atoms with Crippen LogP contribution in [0.25, 0.3) is 0 Å². The van der Waals surface area contributed by atoms with Crippen molar-refractivity contribution in [2.45, 2.75) is 65.0 Å². The van der Waals surface area contributed by atoms with E-state index in [1.807, 2.05) is 0 Å². The molecule has 0 radical (unpaired) electrons. The molecule has 2 aliphatic rings. The first-order valence-corrected chi connectivity index (χ1v) is 7.11. The third-order valence-electron chi connectivity index (χ3n) is 4.57. The Hall–Kier alpha value is -0.0800. The van der Waals surface area contributed by atoms with Gasteiger partial charge < -0.3 is 5.32 Å². The summed E-state index contributed by atoms with van der Waals surface area (Å²) in [5.74, 6) is 0. The molecule has 2 fully saturated rings. The summed E-state index contributed by atoms with van der Waals surface area (Å²) in [5, 5.41) is 3.66. The van der Waals surface area contributed by atoms with E-state index in [1.54, 1.807) is 0 Å². The van der Waals surface area contributed by atoms with Gasteiger partial charge in [0, 0.05) is 31.7 Å². The Kier molecular flexibility index (Phi) is 3.91. The lowest BCUT2D eigenvalue weighted by atomic mass is 9.85. The molecule has 2 heteroatoms. The van der Waals surface area contributed by atoms with Gasteiger partial charge in [0.15, 0.2) is 0 Å². The molecule has 1 aliphatic carbocycles. The summed E-state index contributed by atoms with van der Waals surface area (Å²) < 4.78 is 0. The zero-order valence-corrected chi connectivity index (χ0v) is 11.3. The molecule has 94 valence electrons. The van der Waals surface area contributed by atoms with Crippen molar-refractivity contribution in [3.63, 3.8) is 0 Å². The highest BCUT2D eigenvalue weighted by atomic mass is 15.2. The quantitative estimate of drug-likeness (QED) is 0.793. The molecular formula is C14H28N2. The SMILES string of the molecule is CCCC1CN(C2CCCC2(C)C)CCN1. The summed E-state index contributed by atoms with van der Waals surface area (Å²) in [6.45, 7) is 10.9. The molecule has 1 N–H and O–H groups in total. The number of nitrogens with zero attached hydrogens (tertiary/aromatic N) is 1. The van der Waals surface area contributed by atoms with Gasteiger partial charge in [0.1, 0.15) is 0 Å². The second-order valence-electron chi connectivity index (χ2n) is 6.33. The van der Waals surface area contributed by atoms with Crippen molar-refractivity contribution in [3.8, 4) is 0 Å². The smallest absolute Gasteiger partial charge is 0.0195 e. The van der Waals surface area contributed by atoms with E-state index < -0.39 is 0 Å². The molecule has 16 heavy (non-hydrogen) atoms. The number of rotatable bonds is 3. The summed E-state index contributed by atoms with van der Waals surface area (Å²) in [6.07, 6.45) is 6.91. The minimum atomic E-state index is 0.550. The van der Waals surface area contributed by atoms with Crippen LogP contribution >= 0.6 is 0 Å². The molecule has 1 heterocycles. The first kappa shape index (κ1) is 12.4. The third kappa shape index (κ3) is 2.60. The van der Waals surface area contributed by atoms with Gasteiger partial charge in [-0.05, 0) is 24.7 Å². The van der Waals surface area contributed by atoms with Crippen LogP contribution < -0.4 is 5.32 Å². The zero-order chi connectivity index (χ0) is 11.6. The van der Waals surface area contributed by atoms with Crippen LogP contribution in [0.5, 0.6) is 0 Å². The average Bonchev–Trinajstić information content (AvgIpc) is 2.59. The molecule has 1 saturated carbocycles. The van der Waals surface area contributed by atoms with E-state index in [0.29, 0.717) is 5.41 Å². The topological polar surface area (TPSA) is 15.3 Å². The van der Waals surface area contributed by atoms with Crippen molar-refractivity contribution in [2.24, 2.45) is 5.41 Å². The highest BCUT2D eigenvalue weighted by molar-refractivity contribution is 4.94. The Morgan fingerprint density at radius 1 is 1.38 bits per heavy atom. The van der Waals surface area contributed by atoms with Gasteiger partial charge in [-0.3, -0.25) is 4.90 Å². The van der Waals surface area contributed by atoms with Crippen LogP contribution in [0.15, 0.2) is 0 Å². The van der Waals surface area contributed by atoms with Gasteiger partial charge in [-0.2, -0.15) is 0 Å². The summed E-state index contributed by atoms with van der Waals surface area (Å²) in [4.78, 5) is 2.77. The highest BCUT2D eigenvalue weighted by Gasteiger charge is 2.39. The van der Waals surface area contributed by atoms with Gasteiger partial charge in [0.2, 0.25) is 0 Å². The Labute approximate surface area is 101 Å². The Morgan fingerprint density at radius 3 is 2.81 bits per heavy atom. The van der Waals surface area contributed by atoms with Crippen LogP contribution in [0.3, 0.4) is 0 Å². The summed E-state index contributed by atoms with van der Waals surface area (Å²) in [7, 11) is 0. The van der Waals surface area contributed by atoms with E-state index in [0.717, 1.165) is 12.1 Å². The molecule has 0 amide bonds. The Bertz CT molecular complexity index is 223. The molecule has 2 atom stereocenters. The van der Waals surface area contributed by atoms with Gasteiger partial charge in [-0.25, -0.2) is 0 Å². The second-order valence-corrected chi connectivity index (χ2v) is 6.33. The maximum Gasteiger partial charge on any atom is 0.0195 e. The molecule has 0 bridgehead atoms. The predicted octanol–water partition coefficient (Wildman–Crippen LogP) is 2.64. The number of hydrogen-bond donors (Lipinski definition) is 1. The molecule has 2 rings (SSSR count). The van der Waals surface area contributed by atoms with E-state index in [1.165, 1.54) is 51.7 Å². The van der Waals surface area contributed by atoms with Crippen LogP contribution in [0.2, 0.25) is 0 Å². The molecule has 1 saturated heterocycles. The van der Waals surface area contributed by atoms with Crippen LogP contribution in [-0.2, 0) is 0 Å². The van der Waals surface area contributed by atoms with E-state index in [-0.39, 0.29) is 0 Å². The van der Waals surface area contributed by atoms with Gasteiger partial charge in [-0.15, -0.1) is 0 Å². The lowest BCUT2D eigenvalue weighted by molar-refractivity contribution is 0.0797. The molecule has 0 aromatic rings. The molecule has 0 aromatic carbocycles. The first-order valence-electron chi connectivity index (χ1n) is 7.11. The molecule has 0 spiro atoms. The lowest BCUT2D eigenvalue weighted by Crippen LogP contribution is -2.55. The fourth-order valence-corrected chi connectivity index (χ4v) is 3.66. The number of nitrogens with one attached hydrogen (secondary N) is 1. The van der Waals surface area contributed by atoms with Gasteiger partial charge in [-0.1, -0.05) is 33.6 Å². The largest absolute Gasteiger partial charge is 0.311 e. The third-order valence-corrected chi connectivity index (χ3v) is 4.57. The Morgan fingerprint density at radius 2 is 2.19 bits per heavy atom. The molecular weight excluding hydrogens is 196 g/mol. The molecule has 2 nitrogen and oxygen atoms in total. The van der Waals surface area contributed by atoms with Crippen LogP contribution in [0, 0.1) is 5.41 Å². The van der Waals surface area contributed by atoms with Crippen molar-refractivity contribution < 1.29 is 0 Å². The van der Waals surface area contributed by atoms with Crippen molar-refractivity contribution in [2.75, 3.05) is 19.6 Å². The molecule has 1 aliphatic heterocycles. The van der Waals surface area contributed by atoms with Gasteiger partial charge in [0.05, 0.1) is 0 Å². The first-order chi connectivity index (χ1) is 7.63. The maximum absolute atomic E-state index is 3.66. The van der Waals surface area contributed by atoms with Crippen molar-refractivity contribution in [1.29, 1.82) is 0 Å². The van der Waals surface area contributed by atoms with E-state index in [4.69, 9.17) is 0 Å². The Balaban J connectivity index is 1.93. The minimum Gasteiger partial charge on any atom is -0.311 e. The summed E-state index contributed by atoms with van der Waals surface area (Å²) in [5.41, 5.74) is 0.550. The van der Waals surface area contributed by atoms with Crippen LogP contribution in [0.1, 0.15) is 52.9 Å². The predicted molar refractivity (Wildman–Crippen MR) is 69.7 cm³/mol. The normalized spacial score (nSPS) is 35.4. The van der Waals surface area contributed by atoms with Crippen LogP contribution in [-0.4, -0.2) is 36.6 Å². The average molecular weight is 224 g/mol. The fourth-order valence-electron chi connectivity index (χ4n) is 3.66. The van der Waals surface area contributed by atoms with E-state index >= 15 is 0 Å². The van der Waals surface area contributed by atoms with E-state index in [9.17, 15) is 0 Å². The summed E-state index contributed by atoms with van der Waals surface area (Å²) >= 11 is 0. The monoisotopic (exact) mass is 224 g/mol. The molecule has 2 unspecified atom stereocenters. The number of piperazine rings is 1. The van der Waals surface area contributed by atoms with Crippen molar-refractivity contribution >= 4 is 0 Å².